The van der Waals surface area contributed by atoms with Crippen LogP contribution in [-0.2, 0) is 16.1 Å². The van der Waals surface area contributed by atoms with Crippen molar-refractivity contribution in [2.45, 2.75) is 6.54 Å². The van der Waals surface area contributed by atoms with Gasteiger partial charge in [-0.1, -0.05) is 29.8 Å². The van der Waals surface area contributed by atoms with Crippen LogP contribution in [0.25, 0.3) is 0 Å². The number of aliphatic hydroxyl groups is 1. The summed E-state index contributed by atoms with van der Waals surface area (Å²) in [4.78, 5) is 28.6. The SMILES string of the molecule is O=CNC(=O)NCc1ccc(Cl)cc1.OCC1(CN=CNc2ccc(Oc3cccc(F)n3)cc2)COC1. The van der Waals surface area contributed by atoms with Crippen molar-refractivity contribution in [1.82, 2.24) is 15.6 Å². The van der Waals surface area contributed by atoms with Gasteiger partial charge in [-0.2, -0.15) is 9.37 Å². The summed E-state index contributed by atoms with van der Waals surface area (Å²) in [6.45, 7) is 2.03. The molecule has 200 valence electrons. The second-order valence-electron chi connectivity index (χ2n) is 8.26. The Morgan fingerprint density at radius 1 is 1.16 bits per heavy atom. The maximum absolute atomic E-state index is 13.0. The molecular weight excluding hydrogens is 517 g/mol. The summed E-state index contributed by atoms with van der Waals surface area (Å²) in [5, 5.41) is 17.5. The van der Waals surface area contributed by atoms with E-state index in [1.807, 2.05) is 17.4 Å². The Bertz CT molecular complexity index is 1200. The van der Waals surface area contributed by atoms with Gasteiger partial charge < -0.3 is 25.2 Å². The first kappa shape index (κ1) is 28.5. The van der Waals surface area contributed by atoms with Gasteiger partial charge in [-0.05, 0) is 48.0 Å². The molecule has 4 N–H and O–H groups in total. The fourth-order valence-electron chi connectivity index (χ4n) is 3.06. The van der Waals surface area contributed by atoms with Gasteiger partial charge in [0.1, 0.15) is 5.75 Å². The average Bonchev–Trinajstić information content (AvgIpc) is 2.89. The molecule has 0 spiro atoms. The molecule has 4 rings (SSSR count). The first-order valence-electron chi connectivity index (χ1n) is 11.5. The molecule has 10 nitrogen and oxygen atoms in total. The lowest BCUT2D eigenvalue weighted by Gasteiger charge is -2.38. The van der Waals surface area contributed by atoms with E-state index in [0.717, 1.165) is 11.3 Å². The highest BCUT2D eigenvalue weighted by atomic mass is 35.5. The monoisotopic (exact) mass is 543 g/mol. The van der Waals surface area contributed by atoms with Crippen molar-refractivity contribution < 1.29 is 28.6 Å². The van der Waals surface area contributed by atoms with E-state index >= 15 is 0 Å². The molecule has 1 saturated heterocycles. The lowest BCUT2D eigenvalue weighted by atomic mass is 9.87. The van der Waals surface area contributed by atoms with Crippen molar-refractivity contribution in [3.63, 3.8) is 0 Å². The number of amides is 3. The van der Waals surface area contributed by atoms with Crippen LogP contribution in [0.5, 0.6) is 11.6 Å². The summed E-state index contributed by atoms with van der Waals surface area (Å²) in [6, 6.07) is 18.0. The molecule has 0 unspecified atom stereocenters. The first-order chi connectivity index (χ1) is 18.4. The highest BCUT2D eigenvalue weighted by molar-refractivity contribution is 6.30. The number of rotatable bonds is 10. The van der Waals surface area contributed by atoms with Gasteiger partial charge in [0, 0.05) is 23.3 Å². The van der Waals surface area contributed by atoms with E-state index in [9.17, 15) is 19.1 Å². The van der Waals surface area contributed by atoms with Gasteiger partial charge in [0.25, 0.3) is 0 Å². The van der Waals surface area contributed by atoms with Crippen LogP contribution in [0, 0.1) is 11.4 Å². The van der Waals surface area contributed by atoms with Crippen molar-refractivity contribution in [1.29, 1.82) is 0 Å². The number of anilines is 1. The number of ether oxygens (including phenoxy) is 2. The topological polar surface area (TPSA) is 134 Å². The lowest BCUT2D eigenvalue weighted by molar-refractivity contribution is -0.129. The molecule has 2 heterocycles. The zero-order valence-corrected chi connectivity index (χ0v) is 21.0. The Morgan fingerprint density at radius 2 is 1.89 bits per heavy atom. The van der Waals surface area contributed by atoms with Crippen LogP contribution >= 0.6 is 11.6 Å². The van der Waals surface area contributed by atoms with E-state index in [4.69, 9.17) is 21.1 Å². The fourth-order valence-corrected chi connectivity index (χ4v) is 3.18. The molecule has 1 aliphatic heterocycles. The predicted octanol–water partition coefficient (Wildman–Crippen LogP) is 3.76. The zero-order chi connectivity index (χ0) is 27.2. The Hall–Kier alpha value is -4.06. The third kappa shape index (κ3) is 9.43. The highest BCUT2D eigenvalue weighted by Crippen LogP contribution is 2.27. The number of hydrogen-bond acceptors (Lipinski definition) is 7. The lowest BCUT2D eigenvalue weighted by Crippen LogP contribution is -2.48. The minimum Gasteiger partial charge on any atom is -0.439 e. The number of benzene rings is 2. The van der Waals surface area contributed by atoms with E-state index in [0.29, 0.717) is 43.5 Å². The van der Waals surface area contributed by atoms with Gasteiger partial charge in [-0.25, -0.2) is 4.79 Å². The van der Waals surface area contributed by atoms with Crippen molar-refractivity contribution in [2.75, 3.05) is 31.7 Å². The summed E-state index contributed by atoms with van der Waals surface area (Å²) < 4.78 is 23.6. The number of imide groups is 1. The van der Waals surface area contributed by atoms with Gasteiger partial charge in [0.15, 0.2) is 0 Å². The number of carbonyl (C=O) groups is 2. The van der Waals surface area contributed by atoms with Crippen LogP contribution < -0.4 is 20.7 Å². The number of hydrogen-bond donors (Lipinski definition) is 4. The van der Waals surface area contributed by atoms with Gasteiger partial charge in [-0.3, -0.25) is 15.1 Å². The molecular formula is C26H27ClFN5O5. The van der Waals surface area contributed by atoms with Crippen molar-refractivity contribution in [2.24, 2.45) is 10.4 Å². The first-order valence-corrected chi connectivity index (χ1v) is 11.9. The molecule has 38 heavy (non-hydrogen) atoms. The maximum atomic E-state index is 13.0. The minimum atomic E-state index is -0.584. The average molecular weight is 544 g/mol. The molecule has 1 aliphatic rings. The standard InChI is InChI=1S/C17H18FN3O3.C9H9ClN2O2/c18-15-2-1-3-16(21-15)24-14-6-4-13(5-7-14)20-12-19-8-17(9-22)10-23-11-17;10-8-3-1-7(2-4-8)5-11-9(14)12-6-13/h1-7,12,22H,8-11H2,(H,19,20);1-4,6H,5H2,(H2,11,12,13,14). The van der Waals surface area contributed by atoms with Gasteiger partial charge in [0.05, 0.1) is 38.1 Å². The van der Waals surface area contributed by atoms with Crippen LogP contribution in [0.2, 0.25) is 5.02 Å². The van der Waals surface area contributed by atoms with Gasteiger partial charge in [0.2, 0.25) is 18.2 Å². The number of aliphatic hydroxyl groups excluding tert-OH is 1. The number of nitrogens with one attached hydrogen (secondary N) is 3. The molecule has 3 aromatic rings. The molecule has 0 atom stereocenters. The predicted molar refractivity (Wildman–Crippen MR) is 141 cm³/mol. The summed E-state index contributed by atoms with van der Waals surface area (Å²) in [5.74, 6) is 0.176. The molecule has 12 heteroatoms. The van der Waals surface area contributed by atoms with Crippen molar-refractivity contribution in [3.05, 3.63) is 83.3 Å². The van der Waals surface area contributed by atoms with E-state index in [1.54, 1.807) is 48.8 Å². The van der Waals surface area contributed by atoms with Crippen molar-refractivity contribution >= 4 is 36.1 Å². The number of carbonyl (C=O) groups excluding carboxylic acids is 2. The number of urea groups is 1. The molecule has 0 saturated carbocycles. The molecule has 0 aliphatic carbocycles. The molecule has 0 bridgehead atoms. The molecule has 2 aromatic carbocycles. The number of halogens is 2. The Balaban J connectivity index is 0.000000244. The zero-order valence-electron chi connectivity index (χ0n) is 20.3. The number of pyridine rings is 1. The minimum absolute atomic E-state index is 0.0739. The number of nitrogens with zero attached hydrogens (tertiary/aromatic N) is 2. The molecule has 0 radical (unpaired) electrons. The number of aliphatic imine (C=N–C) groups is 1. The largest absolute Gasteiger partial charge is 0.439 e. The van der Waals surface area contributed by atoms with Crippen LogP contribution in [0.4, 0.5) is 14.9 Å². The summed E-state index contributed by atoms with van der Waals surface area (Å²) in [6.07, 6.45) is 1.93. The Kier molecular flexibility index (Phi) is 11.0. The van der Waals surface area contributed by atoms with Gasteiger partial charge in [-0.15, -0.1) is 0 Å². The van der Waals surface area contributed by atoms with Crippen LogP contribution in [0.1, 0.15) is 5.56 Å². The quantitative estimate of drug-likeness (QED) is 0.132. The van der Waals surface area contributed by atoms with Crippen molar-refractivity contribution in [3.8, 4) is 11.6 Å². The normalized spacial score (nSPS) is 13.4. The molecule has 3 amide bonds. The Labute approximate surface area is 223 Å². The number of aromatic nitrogens is 1. The maximum Gasteiger partial charge on any atom is 0.321 e. The molecule has 1 fully saturated rings. The summed E-state index contributed by atoms with van der Waals surface area (Å²) in [5.41, 5.74) is 1.52. The van der Waals surface area contributed by atoms with Crippen LogP contribution in [0.15, 0.2) is 71.7 Å². The van der Waals surface area contributed by atoms with Gasteiger partial charge >= 0.3 is 6.03 Å². The summed E-state index contributed by atoms with van der Waals surface area (Å²) >= 11 is 5.68. The fraction of sp³-hybridized carbons (Fsp3) is 0.231. The highest BCUT2D eigenvalue weighted by Gasteiger charge is 2.37. The third-order valence-corrected chi connectivity index (χ3v) is 5.48. The van der Waals surface area contributed by atoms with E-state index in [2.05, 4.69) is 20.6 Å². The molecule has 1 aromatic heterocycles. The van der Waals surface area contributed by atoms with E-state index < -0.39 is 12.0 Å². The van der Waals surface area contributed by atoms with Crippen LogP contribution in [0.3, 0.4) is 0 Å². The van der Waals surface area contributed by atoms with E-state index in [-0.39, 0.29) is 17.9 Å². The van der Waals surface area contributed by atoms with E-state index in [1.165, 1.54) is 12.1 Å². The second kappa shape index (κ2) is 14.6. The summed E-state index contributed by atoms with van der Waals surface area (Å²) in [7, 11) is 0. The third-order valence-electron chi connectivity index (χ3n) is 5.22. The smallest absolute Gasteiger partial charge is 0.321 e. The second-order valence-corrected chi connectivity index (χ2v) is 8.70. The Morgan fingerprint density at radius 3 is 2.50 bits per heavy atom. The van der Waals surface area contributed by atoms with Crippen LogP contribution in [-0.4, -0.2) is 55.2 Å².